The van der Waals surface area contributed by atoms with Crippen molar-refractivity contribution < 1.29 is 9.53 Å². The fourth-order valence-electron chi connectivity index (χ4n) is 3.44. The fourth-order valence-corrected chi connectivity index (χ4v) is 4.91. The van der Waals surface area contributed by atoms with Crippen LogP contribution in [0.4, 0.5) is 5.69 Å². The smallest absolute Gasteiger partial charge is 0.234 e. The topological polar surface area (TPSA) is 69.0 Å². The summed E-state index contributed by atoms with van der Waals surface area (Å²) in [5.41, 5.74) is 3.97. The summed E-state index contributed by atoms with van der Waals surface area (Å²) in [6, 6.07) is 17.9. The maximum Gasteiger partial charge on any atom is 0.234 e. The van der Waals surface area contributed by atoms with E-state index in [1.165, 1.54) is 16.6 Å². The van der Waals surface area contributed by atoms with Crippen molar-refractivity contribution in [3.05, 3.63) is 81.8 Å². The number of aryl methyl sites for hydroxylation is 2. The van der Waals surface area contributed by atoms with Crippen LogP contribution in [0.5, 0.6) is 5.75 Å². The highest BCUT2D eigenvalue weighted by Gasteiger charge is 2.17. The number of thioether (sulfide) groups is 1. The quantitative estimate of drug-likeness (QED) is 0.360. The summed E-state index contributed by atoms with van der Waals surface area (Å²) in [5.74, 6) is 1.77. The van der Waals surface area contributed by atoms with Crippen LogP contribution in [-0.2, 0) is 11.2 Å². The molecule has 164 valence electrons. The van der Waals surface area contributed by atoms with E-state index in [-0.39, 0.29) is 11.7 Å². The van der Waals surface area contributed by atoms with Gasteiger partial charge in [0.1, 0.15) is 11.6 Å². The van der Waals surface area contributed by atoms with Crippen LogP contribution in [0.15, 0.2) is 65.1 Å². The molecule has 0 aliphatic carbocycles. The molecule has 0 saturated heterocycles. The fraction of sp³-hybridized carbons (Fsp3) is 0.208. The minimum absolute atomic E-state index is 0.0795. The van der Waals surface area contributed by atoms with Crippen molar-refractivity contribution in [1.82, 2.24) is 14.8 Å². The lowest BCUT2D eigenvalue weighted by Crippen LogP contribution is -2.15. The van der Waals surface area contributed by atoms with Crippen molar-refractivity contribution >= 4 is 34.7 Å². The average molecular weight is 465 g/mol. The van der Waals surface area contributed by atoms with Gasteiger partial charge in [-0.25, -0.2) is 0 Å². The number of carbonyl (C=O) groups is 1. The summed E-state index contributed by atoms with van der Waals surface area (Å²) in [7, 11) is 1.64. The van der Waals surface area contributed by atoms with Crippen LogP contribution in [0, 0.1) is 13.8 Å². The number of aromatic nitrogens is 3. The van der Waals surface area contributed by atoms with Gasteiger partial charge in [-0.3, -0.25) is 9.36 Å². The molecule has 0 fully saturated rings. The molecule has 32 heavy (non-hydrogen) atoms. The summed E-state index contributed by atoms with van der Waals surface area (Å²) < 4.78 is 7.30. The molecule has 1 amide bonds. The van der Waals surface area contributed by atoms with Gasteiger partial charge < -0.3 is 10.1 Å². The van der Waals surface area contributed by atoms with Crippen LogP contribution in [0.25, 0.3) is 5.69 Å². The number of ether oxygens (including phenoxy) is 1. The van der Waals surface area contributed by atoms with Crippen LogP contribution >= 0.6 is 23.1 Å². The number of hydrogen-bond acceptors (Lipinski definition) is 6. The molecule has 1 N–H and O–H groups in total. The lowest BCUT2D eigenvalue weighted by Gasteiger charge is -2.11. The van der Waals surface area contributed by atoms with Crippen LogP contribution < -0.4 is 10.1 Å². The molecule has 0 saturated carbocycles. The second-order valence-electron chi connectivity index (χ2n) is 7.40. The highest BCUT2D eigenvalue weighted by atomic mass is 32.2. The van der Waals surface area contributed by atoms with Crippen LogP contribution in [0.2, 0.25) is 0 Å². The highest BCUT2D eigenvalue weighted by molar-refractivity contribution is 7.99. The Morgan fingerprint density at radius 2 is 1.84 bits per heavy atom. The first-order valence-corrected chi connectivity index (χ1v) is 12.0. The van der Waals surface area contributed by atoms with Gasteiger partial charge in [0, 0.05) is 22.7 Å². The number of thiophene rings is 1. The van der Waals surface area contributed by atoms with Gasteiger partial charge in [-0.2, -0.15) is 0 Å². The van der Waals surface area contributed by atoms with Crippen molar-refractivity contribution in [2.24, 2.45) is 0 Å². The monoisotopic (exact) mass is 464 g/mol. The Morgan fingerprint density at radius 3 is 2.50 bits per heavy atom. The second kappa shape index (κ2) is 10.0. The lowest BCUT2D eigenvalue weighted by atomic mass is 10.1. The molecule has 0 radical (unpaired) electrons. The molecule has 0 aliphatic rings. The standard InChI is InChI=1S/C24H24N4O2S2/c1-16-11-17(2)13-18(12-16)25-23(29)15-32-24-27-26-22(14-21-5-4-10-31-21)28(24)19-6-8-20(30-3)9-7-19/h4-13H,14-15H2,1-3H3,(H,25,29). The van der Waals surface area contributed by atoms with E-state index in [2.05, 4.69) is 33.0 Å². The van der Waals surface area contributed by atoms with E-state index >= 15 is 0 Å². The molecular formula is C24H24N4O2S2. The number of nitrogens with one attached hydrogen (secondary N) is 1. The van der Waals surface area contributed by atoms with E-state index in [4.69, 9.17) is 4.74 Å². The second-order valence-corrected chi connectivity index (χ2v) is 9.38. The molecule has 0 bridgehead atoms. The Hall–Kier alpha value is -3.10. The Kier molecular flexibility index (Phi) is 6.92. The number of carbonyl (C=O) groups excluding carboxylic acids is 1. The molecular weight excluding hydrogens is 440 g/mol. The zero-order valence-electron chi connectivity index (χ0n) is 18.2. The number of rotatable bonds is 8. The predicted octanol–water partition coefficient (Wildman–Crippen LogP) is 5.28. The van der Waals surface area contributed by atoms with E-state index in [1.807, 2.05) is 60.9 Å². The normalized spacial score (nSPS) is 10.8. The molecule has 2 aromatic carbocycles. The number of hydrogen-bond donors (Lipinski definition) is 1. The van der Waals surface area contributed by atoms with Gasteiger partial charge in [-0.15, -0.1) is 21.5 Å². The predicted molar refractivity (Wildman–Crippen MR) is 130 cm³/mol. The van der Waals surface area contributed by atoms with Crippen molar-refractivity contribution in [3.8, 4) is 11.4 Å². The van der Waals surface area contributed by atoms with Crippen LogP contribution in [0.3, 0.4) is 0 Å². The molecule has 0 unspecified atom stereocenters. The molecule has 4 rings (SSSR count). The van der Waals surface area contributed by atoms with Gasteiger partial charge in [0.15, 0.2) is 5.16 Å². The van der Waals surface area contributed by atoms with Crippen molar-refractivity contribution in [2.45, 2.75) is 25.4 Å². The molecule has 8 heteroatoms. The molecule has 2 aromatic heterocycles. The third-order valence-electron chi connectivity index (χ3n) is 4.78. The average Bonchev–Trinajstić information content (AvgIpc) is 3.42. The first-order valence-electron chi connectivity index (χ1n) is 10.1. The van der Waals surface area contributed by atoms with Gasteiger partial charge in [0.25, 0.3) is 0 Å². The van der Waals surface area contributed by atoms with Crippen molar-refractivity contribution in [2.75, 3.05) is 18.2 Å². The van der Waals surface area contributed by atoms with Crippen LogP contribution in [0.1, 0.15) is 21.8 Å². The van der Waals surface area contributed by atoms with E-state index in [9.17, 15) is 4.79 Å². The molecule has 4 aromatic rings. The SMILES string of the molecule is COc1ccc(-n2c(Cc3cccs3)nnc2SCC(=O)Nc2cc(C)cc(C)c2)cc1. The minimum Gasteiger partial charge on any atom is -0.497 e. The molecule has 0 aliphatic heterocycles. The Balaban J connectivity index is 1.54. The summed E-state index contributed by atoms with van der Waals surface area (Å²) in [5, 5.41) is 14.5. The van der Waals surface area contributed by atoms with E-state index < -0.39 is 0 Å². The number of anilines is 1. The Morgan fingerprint density at radius 1 is 1.09 bits per heavy atom. The molecule has 0 atom stereocenters. The van der Waals surface area contributed by atoms with Crippen molar-refractivity contribution in [3.63, 3.8) is 0 Å². The van der Waals surface area contributed by atoms with Gasteiger partial charge in [0.05, 0.1) is 12.9 Å². The van der Waals surface area contributed by atoms with Gasteiger partial charge in [-0.1, -0.05) is 23.9 Å². The van der Waals surface area contributed by atoms with E-state index in [0.29, 0.717) is 11.6 Å². The zero-order valence-corrected chi connectivity index (χ0v) is 19.8. The van der Waals surface area contributed by atoms with Crippen LogP contribution in [-0.4, -0.2) is 33.5 Å². The van der Waals surface area contributed by atoms with Crippen molar-refractivity contribution in [1.29, 1.82) is 0 Å². The van der Waals surface area contributed by atoms with E-state index in [1.54, 1.807) is 18.4 Å². The largest absolute Gasteiger partial charge is 0.497 e. The summed E-state index contributed by atoms with van der Waals surface area (Å²) in [4.78, 5) is 13.8. The zero-order chi connectivity index (χ0) is 22.5. The van der Waals surface area contributed by atoms with Gasteiger partial charge >= 0.3 is 0 Å². The number of benzene rings is 2. The maximum atomic E-state index is 12.6. The Labute approximate surface area is 195 Å². The number of amides is 1. The van der Waals surface area contributed by atoms with E-state index in [0.717, 1.165) is 34.1 Å². The van der Waals surface area contributed by atoms with Gasteiger partial charge in [-0.05, 0) is 72.8 Å². The summed E-state index contributed by atoms with van der Waals surface area (Å²) >= 11 is 3.06. The maximum absolute atomic E-state index is 12.6. The summed E-state index contributed by atoms with van der Waals surface area (Å²) in [6.45, 7) is 4.04. The minimum atomic E-state index is -0.0795. The third-order valence-corrected chi connectivity index (χ3v) is 6.59. The number of nitrogens with zero attached hydrogens (tertiary/aromatic N) is 3. The molecule has 0 spiro atoms. The molecule has 2 heterocycles. The Bertz CT molecular complexity index is 1180. The third kappa shape index (κ3) is 5.38. The lowest BCUT2D eigenvalue weighted by molar-refractivity contribution is -0.113. The first-order chi connectivity index (χ1) is 15.5. The first kappa shape index (κ1) is 22.1. The number of methoxy groups -OCH3 is 1. The highest BCUT2D eigenvalue weighted by Crippen LogP contribution is 2.26. The summed E-state index contributed by atoms with van der Waals surface area (Å²) in [6.07, 6.45) is 0.673. The molecule has 6 nitrogen and oxygen atoms in total. The van der Waals surface area contributed by atoms with Gasteiger partial charge in [0.2, 0.25) is 5.91 Å².